The molecule has 1 aliphatic carbocycles. The van der Waals surface area contributed by atoms with Crippen molar-refractivity contribution in [3.8, 4) is 0 Å². The second kappa shape index (κ2) is 18.2. The summed E-state index contributed by atoms with van der Waals surface area (Å²) in [6, 6.07) is 13.8. The molecule has 3 atom stereocenters. The van der Waals surface area contributed by atoms with E-state index < -0.39 is 29.5 Å². The molecule has 47 heavy (non-hydrogen) atoms. The number of morpholine rings is 1. The van der Waals surface area contributed by atoms with E-state index in [2.05, 4.69) is 21.1 Å². The minimum atomic E-state index is -0.745. The fourth-order valence-electron chi connectivity index (χ4n) is 5.84. The number of benzene rings is 3. The van der Waals surface area contributed by atoms with Crippen molar-refractivity contribution in [2.24, 2.45) is 5.73 Å². The molecule has 8 nitrogen and oxygen atoms in total. The third kappa shape index (κ3) is 11.5. The van der Waals surface area contributed by atoms with Crippen molar-refractivity contribution in [1.82, 2.24) is 5.32 Å². The Labute approximate surface area is 272 Å². The molecular weight excluding hydrogens is 618 g/mol. The number of halogens is 4. The van der Waals surface area contributed by atoms with Crippen molar-refractivity contribution in [2.45, 2.75) is 62.6 Å². The summed E-state index contributed by atoms with van der Waals surface area (Å²) in [5.74, 6) is -2.17. The summed E-state index contributed by atoms with van der Waals surface area (Å²) in [4.78, 5) is 31.9. The number of methoxy groups -OCH3 is 1. The Morgan fingerprint density at radius 3 is 2.36 bits per heavy atom. The van der Waals surface area contributed by atoms with Crippen LogP contribution in [0, 0.1) is 23.3 Å². The topological polar surface area (TPSA) is 120 Å². The summed E-state index contributed by atoms with van der Waals surface area (Å²) in [5.41, 5.74) is 6.63. The van der Waals surface area contributed by atoms with Crippen LogP contribution in [0.2, 0.25) is 0 Å². The second-order valence-corrected chi connectivity index (χ2v) is 11.4. The number of hydrogen-bond acceptors (Lipinski definition) is 7. The molecule has 1 unspecified atom stereocenters. The Bertz CT molecular complexity index is 1470. The van der Waals surface area contributed by atoms with Gasteiger partial charge in [-0.2, -0.15) is 0 Å². The zero-order valence-electron chi connectivity index (χ0n) is 26.5. The van der Waals surface area contributed by atoms with Gasteiger partial charge in [0.1, 0.15) is 35.3 Å². The molecule has 254 valence electrons. The van der Waals surface area contributed by atoms with Gasteiger partial charge in [0.05, 0.1) is 18.8 Å². The molecular formula is C35H41F4N3O5. The number of carbonyl (C=O) groups excluding carboxylic acids is 3. The van der Waals surface area contributed by atoms with Gasteiger partial charge in [-0.05, 0) is 73.2 Å². The maximum atomic E-state index is 14.0. The zero-order chi connectivity index (χ0) is 34.4. The Morgan fingerprint density at radius 2 is 1.77 bits per heavy atom. The maximum absolute atomic E-state index is 14.0. The van der Waals surface area contributed by atoms with Crippen molar-refractivity contribution >= 4 is 23.9 Å². The number of rotatable bonds is 8. The number of primary amides is 1. The second-order valence-electron chi connectivity index (χ2n) is 11.4. The standard InChI is InChI=1S/C18H25FN2O2.C15H11F3O.C2H5NO2/c1-20-17-6-2-5-16(19)15(17)8-7-14-11-21-12-18(23-14)9-3-4-13(22)10-18;16-12-3-1-10(2-4-12)15(5-6-19)11-7-13(17)9-14(18)8-11;1-5-2(3)4/h2,5-6,14,20-21H,3-4,7-12H2,1H3;1-4,6-9,15H,5H2;1H3,(H2,3,4)/t14-,18?;15-;/m10./s1. The van der Waals surface area contributed by atoms with E-state index in [9.17, 15) is 31.9 Å². The van der Waals surface area contributed by atoms with Crippen LogP contribution in [0.3, 0.4) is 0 Å². The molecule has 1 amide bonds. The van der Waals surface area contributed by atoms with Crippen LogP contribution >= 0.6 is 0 Å². The average molecular weight is 660 g/mol. The van der Waals surface area contributed by atoms with Gasteiger partial charge in [-0.25, -0.2) is 22.4 Å². The Morgan fingerprint density at radius 1 is 1.09 bits per heavy atom. The van der Waals surface area contributed by atoms with Crippen molar-refractivity contribution in [1.29, 1.82) is 0 Å². The lowest BCUT2D eigenvalue weighted by molar-refractivity contribution is -0.151. The first kappa shape index (κ1) is 37.2. The van der Waals surface area contributed by atoms with Crippen molar-refractivity contribution in [2.75, 3.05) is 32.6 Å². The molecule has 0 aromatic heterocycles. The highest BCUT2D eigenvalue weighted by molar-refractivity contribution is 5.80. The van der Waals surface area contributed by atoms with Crippen LogP contribution in [0.15, 0.2) is 60.7 Å². The zero-order valence-corrected chi connectivity index (χ0v) is 26.5. The molecule has 12 heteroatoms. The summed E-state index contributed by atoms with van der Waals surface area (Å²) in [7, 11) is 3.03. The summed E-state index contributed by atoms with van der Waals surface area (Å²) in [5, 5.41) is 6.45. The number of hydrogen-bond donors (Lipinski definition) is 3. The van der Waals surface area contributed by atoms with Crippen LogP contribution in [-0.2, 0) is 25.5 Å². The van der Waals surface area contributed by atoms with Crippen LogP contribution in [0.4, 0.5) is 28.0 Å². The maximum Gasteiger partial charge on any atom is 0.404 e. The average Bonchev–Trinajstić information content (AvgIpc) is 3.03. The fraction of sp³-hybridized carbons (Fsp3) is 0.400. The molecule has 2 aliphatic rings. The van der Waals surface area contributed by atoms with Gasteiger partial charge >= 0.3 is 6.09 Å². The summed E-state index contributed by atoms with van der Waals surface area (Å²) >= 11 is 0. The molecule has 3 aromatic rings. The predicted molar refractivity (Wildman–Crippen MR) is 170 cm³/mol. The van der Waals surface area contributed by atoms with Gasteiger partial charge in [0.2, 0.25) is 0 Å². The number of amides is 1. The van der Waals surface area contributed by atoms with Crippen molar-refractivity contribution < 1.29 is 41.4 Å². The van der Waals surface area contributed by atoms with Gasteiger partial charge in [-0.3, -0.25) is 4.79 Å². The molecule has 0 bridgehead atoms. The van der Waals surface area contributed by atoms with Crippen LogP contribution < -0.4 is 16.4 Å². The molecule has 1 saturated heterocycles. The highest BCUT2D eigenvalue weighted by Gasteiger charge is 2.41. The summed E-state index contributed by atoms with van der Waals surface area (Å²) < 4.78 is 63.6. The normalized spacial score (nSPS) is 19.4. The molecule has 5 rings (SSSR count). The SMILES string of the molecule is CNc1cccc(F)c1CC[C@@H]1CNCC2(CCCC(=O)C2)O1.COC(N)=O.O=CC[C@@H](c1ccc(F)cc1)c1cc(F)cc(F)c1. The third-order valence-corrected chi connectivity index (χ3v) is 8.04. The quantitative estimate of drug-likeness (QED) is 0.194. The number of Topliss-reactive ketones (excluding diaryl/α,β-unsaturated/α-hetero) is 1. The Balaban J connectivity index is 0.000000227. The van der Waals surface area contributed by atoms with E-state index >= 15 is 0 Å². The van der Waals surface area contributed by atoms with Gasteiger partial charge in [0, 0.05) is 62.6 Å². The van der Waals surface area contributed by atoms with Gasteiger partial charge in [0.15, 0.2) is 0 Å². The molecule has 0 radical (unpaired) electrons. The molecule has 1 heterocycles. The molecule has 3 aromatic carbocycles. The third-order valence-electron chi connectivity index (χ3n) is 8.04. The molecule has 1 saturated carbocycles. The fourth-order valence-corrected chi connectivity index (χ4v) is 5.84. The largest absolute Gasteiger partial charge is 0.453 e. The van der Waals surface area contributed by atoms with Gasteiger partial charge in [0.25, 0.3) is 0 Å². The molecule has 1 spiro atoms. The minimum Gasteiger partial charge on any atom is -0.453 e. The first-order chi connectivity index (χ1) is 22.5. The number of nitrogens with two attached hydrogens (primary N) is 1. The van der Waals surface area contributed by atoms with Crippen LogP contribution in [-0.4, -0.2) is 57.1 Å². The first-order valence-corrected chi connectivity index (χ1v) is 15.3. The van der Waals surface area contributed by atoms with Crippen LogP contribution in [0.25, 0.3) is 0 Å². The number of aldehydes is 1. The highest BCUT2D eigenvalue weighted by atomic mass is 19.1. The van der Waals surface area contributed by atoms with E-state index in [1.54, 1.807) is 13.1 Å². The van der Waals surface area contributed by atoms with Gasteiger partial charge in [-0.15, -0.1) is 0 Å². The lowest BCUT2D eigenvalue weighted by Gasteiger charge is -2.43. The van der Waals surface area contributed by atoms with E-state index in [4.69, 9.17) is 4.74 Å². The number of anilines is 1. The molecule has 2 fully saturated rings. The number of ketones is 1. The highest BCUT2D eigenvalue weighted by Crippen LogP contribution is 2.34. The molecule has 1 aliphatic heterocycles. The van der Waals surface area contributed by atoms with E-state index in [0.717, 1.165) is 44.1 Å². The lowest BCUT2D eigenvalue weighted by Crippen LogP contribution is -2.56. The summed E-state index contributed by atoms with van der Waals surface area (Å²) in [6.07, 6.45) is 4.44. The predicted octanol–water partition coefficient (Wildman–Crippen LogP) is 6.21. The Hall–Kier alpha value is -4.29. The lowest BCUT2D eigenvalue weighted by atomic mass is 9.82. The number of ether oxygens (including phenoxy) is 2. The van der Waals surface area contributed by atoms with E-state index in [0.29, 0.717) is 48.0 Å². The Kier molecular flexibility index (Phi) is 14.4. The van der Waals surface area contributed by atoms with Crippen molar-refractivity contribution in [3.63, 3.8) is 0 Å². The molecule has 4 N–H and O–H groups in total. The van der Waals surface area contributed by atoms with Crippen LogP contribution in [0.1, 0.15) is 61.1 Å². The van der Waals surface area contributed by atoms with E-state index in [1.807, 2.05) is 6.07 Å². The van der Waals surface area contributed by atoms with E-state index in [-0.39, 0.29) is 23.9 Å². The smallest absolute Gasteiger partial charge is 0.404 e. The summed E-state index contributed by atoms with van der Waals surface area (Å²) in [6.45, 7) is 1.51. The van der Waals surface area contributed by atoms with Crippen LogP contribution in [0.5, 0.6) is 0 Å². The van der Waals surface area contributed by atoms with Crippen molar-refractivity contribution in [3.05, 3.63) is 101 Å². The van der Waals surface area contributed by atoms with Gasteiger partial charge < -0.3 is 30.6 Å². The monoisotopic (exact) mass is 659 g/mol. The number of carbonyl (C=O) groups is 3. The number of nitrogens with one attached hydrogen (secondary N) is 2. The van der Waals surface area contributed by atoms with E-state index in [1.165, 1.54) is 49.6 Å². The first-order valence-electron chi connectivity index (χ1n) is 15.3. The minimum absolute atomic E-state index is 0.0268. The van der Waals surface area contributed by atoms with Gasteiger partial charge in [-0.1, -0.05) is 18.2 Å².